The summed E-state index contributed by atoms with van der Waals surface area (Å²) >= 11 is 0. The van der Waals surface area contributed by atoms with Gasteiger partial charge in [0.25, 0.3) is 5.91 Å². The van der Waals surface area contributed by atoms with E-state index in [0.717, 1.165) is 6.42 Å². The van der Waals surface area contributed by atoms with E-state index in [4.69, 9.17) is 9.84 Å². The molecule has 1 amide bonds. The number of nitrogens with one attached hydrogen (secondary N) is 1. The maximum absolute atomic E-state index is 11.8. The van der Waals surface area contributed by atoms with Crippen molar-refractivity contribution in [2.24, 2.45) is 0 Å². The van der Waals surface area contributed by atoms with Gasteiger partial charge in [0.2, 0.25) is 0 Å². The van der Waals surface area contributed by atoms with Gasteiger partial charge in [-0.1, -0.05) is 12.1 Å². The standard InChI is InChI=1S/C15H17NO5/c1-10(17)11-4-2-5-12(8-11)21-9-13(18)16-15(14(19)20)6-3-7-15/h2,4-5,8H,3,6-7,9H2,1H3,(H,16,18)(H,19,20). The number of hydrogen-bond donors (Lipinski definition) is 2. The van der Waals surface area contributed by atoms with E-state index >= 15 is 0 Å². The normalized spacial score (nSPS) is 15.7. The van der Waals surface area contributed by atoms with Gasteiger partial charge < -0.3 is 15.2 Å². The summed E-state index contributed by atoms with van der Waals surface area (Å²) in [7, 11) is 0. The Labute approximate surface area is 122 Å². The van der Waals surface area contributed by atoms with Gasteiger partial charge in [0, 0.05) is 5.56 Å². The Morgan fingerprint density at radius 3 is 2.57 bits per heavy atom. The number of carbonyl (C=O) groups excluding carboxylic acids is 2. The first-order valence-electron chi connectivity index (χ1n) is 6.71. The molecule has 21 heavy (non-hydrogen) atoms. The molecular weight excluding hydrogens is 274 g/mol. The van der Waals surface area contributed by atoms with Gasteiger partial charge in [-0.15, -0.1) is 0 Å². The second kappa shape index (κ2) is 5.95. The van der Waals surface area contributed by atoms with Crippen LogP contribution in [0, 0.1) is 0 Å². The van der Waals surface area contributed by atoms with Gasteiger partial charge in [-0.2, -0.15) is 0 Å². The number of carbonyl (C=O) groups is 3. The van der Waals surface area contributed by atoms with Crippen LogP contribution in [0.1, 0.15) is 36.5 Å². The number of rotatable bonds is 6. The Kier molecular flexibility index (Phi) is 4.26. The number of benzene rings is 1. The van der Waals surface area contributed by atoms with E-state index in [1.165, 1.54) is 6.92 Å². The van der Waals surface area contributed by atoms with Crippen LogP contribution in [-0.4, -0.2) is 34.9 Å². The largest absolute Gasteiger partial charge is 0.484 e. The maximum Gasteiger partial charge on any atom is 0.329 e. The summed E-state index contributed by atoms with van der Waals surface area (Å²) in [5.74, 6) is -1.19. The molecule has 2 rings (SSSR count). The Hall–Kier alpha value is -2.37. The molecule has 0 unspecified atom stereocenters. The van der Waals surface area contributed by atoms with E-state index in [1.807, 2.05) is 0 Å². The lowest BCUT2D eigenvalue weighted by Gasteiger charge is -2.38. The highest BCUT2D eigenvalue weighted by molar-refractivity contribution is 5.94. The van der Waals surface area contributed by atoms with E-state index in [2.05, 4.69) is 5.32 Å². The zero-order chi connectivity index (χ0) is 15.5. The number of hydrogen-bond acceptors (Lipinski definition) is 4. The summed E-state index contributed by atoms with van der Waals surface area (Å²) in [4.78, 5) is 34.2. The zero-order valence-corrected chi connectivity index (χ0v) is 11.7. The summed E-state index contributed by atoms with van der Waals surface area (Å²) in [6.45, 7) is 1.16. The number of Topliss-reactive ketones (excluding diaryl/α,β-unsaturated/α-hetero) is 1. The Morgan fingerprint density at radius 2 is 2.05 bits per heavy atom. The van der Waals surface area contributed by atoms with E-state index in [9.17, 15) is 14.4 Å². The molecule has 112 valence electrons. The molecule has 1 saturated carbocycles. The average Bonchev–Trinajstić information content (AvgIpc) is 2.40. The van der Waals surface area contributed by atoms with Gasteiger partial charge in [-0.05, 0) is 38.3 Å². The van der Waals surface area contributed by atoms with E-state index < -0.39 is 17.4 Å². The molecule has 1 aliphatic carbocycles. The Morgan fingerprint density at radius 1 is 1.33 bits per heavy atom. The molecule has 0 heterocycles. The van der Waals surface area contributed by atoms with Gasteiger partial charge in [0.1, 0.15) is 11.3 Å². The fourth-order valence-corrected chi connectivity index (χ4v) is 2.18. The van der Waals surface area contributed by atoms with Crippen LogP contribution in [0.25, 0.3) is 0 Å². The van der Waals surface area contributed by atoms with Crippen molar-refractivity contribution < 1.29 is 24.2 Å². The van der Waals surface area contributed by atoms with Crippen LogP contribution in [0.15, 0.2) is 24.3 Å². The molecule has 0 bridgehead atoms. The first-order valence-corrected chi connectivity index (χ1v) is 6.71. The van der Waals surface area contributed by atoms with E-state index in [-0.39, 0.29) is 12.4 Å². The highest BCUT2D eigenvalue weighted by Gasteiger charge is 2.45. The first-order chi connectivity index (χ1) is 9.93. The number of ketones is 1. The Bertz CT molecular complexity index is 577. The summed E-state index contributed by atoms with van der Waals surface area (Å²) < 4.78 is 5.30. The van der Waals surface area contributed by atoms with Gasteiger partial charge in [-0.25, -0.2) is 4.79 Å². The molecule has 0 aliphatic heterocycles. The lowest BCUT2D eigenvalue weighted by molar-refractivity contribution is -0.152. The fraction of sp³-hybridized carbons (Fsp3) is 0.400. The molecule has 1 aliphatic rings. The number of ether oxygens (including phenoxy) is 1. The molecule has 6 nitrogen and oxygen atoms in total. The van der Waals surface area contributed by atoms with Crippen LogP contribution in [0.3, 0.4) is 0 Å². The van der Waals surface area contributed by atoms with Gasteiger partial charge >= 0.3 is 5.97 Å². The molecule has 0 spiro atoms. The van der Waals surface area contributed by atoms with Gasteiger partial charge in [0.15, 0.2) is 12.4 Å². The van der Waals surface area contributed by atoms with Gasteiger partial charge in [-0.3, -0.25) is 9.59 Å². The van der Waals surface area contributed by atoms with Crippen LogP contribution in [-0.2, 0) is 9.59 Å². The molecular formula is C15H17NO5. The van der Waals surface area contributed by atoms with E-state index in [1.54, 1.807) is 24.3 Å². The average molecular weight is 291 g/mol. The molecule has 0 atom stereocenters. The minimum Gasteiger partial charge on any atom is -0.484 e. The SMILES string of the molecule is CC(=O)c1cccc(OCC(=O)NC2(C(=O)O)CCC2)c1. The third-order valence-electron chi connectivity index (χ3n) is 3.61. The quantitative estimate of drug-likeness (QED) is 0.773. The van der Waals surface area contributed by atoms with Crippen LogP contribution in [0.4, 0.5) is 0 Å². The third kappa shape index (κ3) is 3.39. The highest BCUT2D eigenvalue weighted by atomic mass is 16.5. The monoisotopic (exact) mass is 291 g/mol. The molecule has 2 N–H and O–H groups in total. The molecule has 1 aromatic rings. The third-order valence-corrected chi connectivity index (χ3v) is 3.61. The summed E-state index contributed by atoms with van der Waals surface area (Å²) in [6.07, 6.45) is 1.66. The first kappa shape index (κ1) is 15.0. The van der Waals surface area contributed by atoms with Crippen LogP contribution >= 0.6 is 0 Å². The van der Waals surface area contributed by atoms with Crippen LogP contribution in [0.2, 0.25) is 0 Å². The molecule has 1 fully saturated rings. The van der Waals surface area contributed by atoms with Crippen LogP contribution < -0.4 is 10.1 Å². The lowest BCUT2D eigenvalue weighted by atomic mass is 9.77. The smallest absolute Gasteiger partial charge is 0.329 e. The van der Waals surface area contributed by atoms with E-state index in [0.29, 0.717) is 24.2 Å². The Balaban J connectivity index is 1.91. The number of aliphatic carboxylic acids is 1. The lowest BCUT2D eigenvalue weighted by Crippen LogP contribution is -2.59. The maximum atomic E-state index is 11.8. The molecule has 6 heteroatoms. The van der Waals surface area contributed by atoms with Crippen molar-refractivity contribution in [1.29, 1.82) is 0 Å². The predicted octanol–water partition coefficient (Wildman–Crippen LogP) is 1.39. The van der Waals surface area contributed by atoms with Crippen molar-refractivity contribution in [1.82, 2.24) is 5.32 Å². The fourth-order valence-electron chi connectivity index (χ4n) is 2.18. The topological polar surface area (TPSA) is 92.7 Å². The second-order valence-corrected chi connectivity index (χ2v) is 5.16. The summed E-state index contributed by atoms with van der Waals surface area (Å²) in [5, 5.41) is 11.6. The van der Waals surface area contributed by atoms with Gasteiger partial charge in [0.05, 0.1) is 0 Å². The second-order valence-electron chi connectivity index (χ2n) is 5.16. The van der Waals surface area contributed by atoms with Crippen molar-refractivity contribution in [3.63, 3.8) is 0 Å². The number of carboxylic acids is 1. The van der Waals surface area contributed by atoms with Crippen molar-refractivity contribution >= 4 is 17.7 Å². The predicted molar refractivity (Wildman–Crippen MR) is 74.3 cm³/mol. The number of amides is 1. The minimum absolute atomic E-state index is 0.0933. The highest BCUT2D eigenvalue weighted by Crippen LogP contribution is 2.31. The molecule has 1 aromatic carbocycles. The number of carboxylic acid groups (broad SMARTS) is 1. The molecule has 0 radical (unpaired) electrons. The molecule has 0 aromatic heterocycles. The van der Waals surface area contributed by atoms with Crippen molar-refractivity contribution in [3.8, 4) is 5.75 Å². The van der Waals surface area contributed by atoms with Crippen molar-refractivity contribution in [2.75, 3.05) is 6.61 Å². The van der Waals surface area contributed by atoms with Crippen molar-refractivity contribution in [3.05, 3.63) is 29.8 Å². The minimum atomic E-state index is -1.14. The summed E-state index contributed by atoms with van der Waals surface area (Å²) in [5.41, 5.74) is -0.643. The zero-order valence-electron chi connectivity index (χ0n) is 11.7. The molecule has 0 saturated heterocycles. The van der Waals surface area contributed by atoms with Crippen molar-refractivity contribution in [2.45, 2.75) is 31.7 Å². The van der Waals surface area contributed by atoms with Crippen LogP contribution in [0.5, 0.6) is 5.75 Å². The summed E-state index contributed by atoms with van der Waals surface area (Å²) in [6, 6.07) is 6.50.